The van der Waals surface area contributed by atoms with Gasteiger partial charge in [-0.3, -0.25) is 4.79 Å². The smallest absolute Gasteiger partial charge is 0.243 e. The molecule has 0 fully saturated rings. The Balaban J connectivity index is 1.56. The highest BCUT2D eigenvalue weighted by atomic mass is 16.5. The average Bonchev–Trinajstić information content (AvgIpc) is 3.12. The zero-order chi connectivity index (χ0) is 20.4. The van der Waals surface area contributed by atoms with Gasteiger partial charge in [0.1, 0.15) is 28.9 Å². The number of ether oxygens (including phenoxy) is 2. The summed E-state index contributed by atoms with van der Waals surface area (Å²) < 4.78 is 16.4. The predicted octanol–water partition coefficient (Wildman–Crippen LogP) is 3.47. The second-order valence-electron chi connectivity index (χ2n) is 6.48. The van der Waals surface area contributed by atoms with Crippen molar-refractivity contribution >= 4 is 39.5 Å². The van der Waals surface area contributed by atoms with E-state index in [1.54, 1.807) is 44.4 Å². The maximum absolute atomic E-state index is 12.6. The van der Waals surface area contributed by atoms with Crippen molar-refractivity contribution in [1.82, 2.24) is 9.97 Å². The van der Waals surface area contributed by atoms with Crippen molar-refractivity contribution in [3.8, 4) is 11.5 Å². The van der Waals surface area contributed by atoms with Crippen LogP contribution in [-0.2, 0) is 4.79 Å². The maximum Gasteiger partial charge on any atom is 0.243 e. The number of nitrogens with zero attached hydrogens (tertiary/aromatic N) is 3. The summed E-state index contributed by atoms with van der Waals surface area (Å²) in [6.45, 7) is 0.0721. The number of carbonyl (C=O) groups is 1. The van der Waals surface area contributed by atoms with Crippen molar-refractivity contribution < 1.29 is 18.7 Å². The summed E-state index contributed by atoms with van der Waals surface area (Å²) in [4.78, 5) is 23.0. The molecule has 0 saturated heterocycles. The number of para-hydroxylation sites is 1. The zero-order valence-corrected chi connectivity index (χ0v) is 16.3. The molecule has 1 N–H and O–H groups in total. The van der Waals surface area contributed by atoms with Crippen molar-refractivity contribution in [1.29, 1.82) is 0 Å². The van der Waals surface area contributed by atoms with Crippen molar-refractivity contribution in [2.24, 2.45) is 0 Å². The molecule has 4 rings (SSSR count). The molecule has 148 valence electrons. The lowest BCUT2D eigenvalue weighted by Gasteiger charge is -2.17. The van der Waals surface area contributed by atoms with Crippen molar-refractivity contribution in [3.63, 3.8) is 0 Å². The Morgan fingerprint density at radius 2 is 1.83 bits per heavy atom. The molecule has 2 aromatic heterocycles. The number of methoxy groups -OCH3 is 2. The number of nitrogens with one attached hydrogen (secondary N) is 1. The van der Waals surface area contributed by atoms with Crippen LogP contribution < -0.4 is 19.7 Å². The molecule has 2 aromatic carbocycles. The Labute approximate surface area is 167 Å². The van der Waals surface area contributed by atoms with Gasteiger partial charge in [-0.25, -0.2) is 9.97 Å². The van der Waals surface area contributed by atoms with Crippen LogP contribution in [0.1, 0.15) is 0 Å². The number of hydrogen-bond acceptors (Lipinski definition) is 7. The molecule has 0 bridgehead atoms. The normalized spacial score (nSPS) is 10.9. The van der Waals surface area contributed by atoms with E-state index in [4.69, 9.17) is 13.9 Å². The Morgan fingerprint density at radius 3 is 2.55 bits per heavy atom. The standard InChI is InChI=1S/C21H20N4O4/c1-25(11-18(26)24-13-8-14(27-2)10-15(9-13)28-3)21-20-19(22-12-23-21)16-6-4-5-7-17(16)29-20/h4-10,12H,11H2,1-3H3,(H,24,26). The molecule has 0 atom stereocenters. The first kappa shape index (κ1) is 18.5. The Kier molecular flexibility index (Phi) is 4.90. The third-order valence-corrected chi connectivity index (χ3v) is 4.52. The molecule has 29 heavy (non-hydrogen) atoms. The number of likely N-dealkylation sites (N-methyl/N-ethyl adjacent to an activating group) is 1. The number of anilines is 2. The monoisotopic (exact) mass is 392 g/mol. The molecule has 0 saturated carbocycles. The Morgan fingerprint density at radius 1 is 1.10 bits per heavy atom. The number of benzene rings is 2. The van der Waals surface area contributed by atoms with Gasteiger partial charge >= 0.3 is 0 Å². The van der Waals surface area contributed by atoms with Crippen molar-refractivity contribution in [2.75, 3.05) is 38.0 Å². The van der Waals surface area contributed by atoms with Crippen LogP contribution in [0.2, 0.25) is 0 Å². The van der Waals surface area contributed by atoms with Crippen molar-refractivity contribution in [2.45, 2.75) is 0 Å². The quantitative estimate of drug-likeness (QED) is 0.537. The molecule has 0 aliphatic rings. The number of hydrogen-bond donors (Lipinski definition) is 1. The third-order valence-electron chi connectivity index (χ3n) is 4.52. The lowest BCUT2D eigenvalue weighted by atomic mass is 10.2. The summed E-state index contributed by atoms with van der Waals surface area (Å²) in [5.41, 5.74) is 2.57. The van der Waals surface area contributed by atoms with E-state index in [1.165, 1.54) is 6.33 Å². The molecule has 0 spiro atoms. The van der Waals surface area contributed by atoms with Crippen LogP contribution in [-0.4, -0.2) is 43.7 Å². The van der Waals surface area contributed by atoms with Crippen LogP contribution in [0.4, 0.5) is 11.5 Å². The molecule has 0 unspecified atom stereocenters. The van der Waals surface area contributed by atoms with Gasteiger partial charge in [-0.05, 0) is 12.1 Å². The fraction of sp³-hybridized carbons (Fsp3) is 0.190. The van der Waals surface area contributed by atoms with E-state index in [-0.39, 0.29) is 12.5 Å². The summed E-state index contributed by atoms with van der Waals surface area (Å²) in [5.74, 6) is 1.51. The minimum atomic E-state index is -0.217. The van der Waals surface area contributed by atoms with Crippen LogP contribution >= 0.6 is 0 Å². The molecule has 0 aliphatic heterocycles. The van der Waals surface area contributed by atoms with E-state index in [0.717, 1.165) is 16.5 Å². The topological polar surface area (TPSA) is 89.7 Å². The summed E-state index contributed by atoms with van der Waals surface area (Å²) in [6.07, 6.45) is 1.47. The van der Waals surface area contributed by atoms with E-state index in [0.29, 0.717) is 28.6 Å². The first-order valence-electron chi connectivity index (χ1n) is 8.95. The van der Waals surface area contributed by atoms with Gasteiger partial charge in [-0.1, -0.05) is 12.1 Å². The van der Waals surface area contributed by atoms with Gasteiger partial charge in [-0.2, -0.15) is 0 Å². The van der Waals surface area contributed by atoms with Gasteiger partial charge in [0.25, 0.3) is 0 Å². The van der Waals surface area contributed by atoms with E-state index in [2.05, 4.69) is 15.3 Å². The second kappa shape index (κ2) is 7.67. The molecular formula is C21H20N4O4. The molecular weight excluding hydrogens is 372 g/mol. The van der Waals surface area contributed by atoms with E-state index >= 15 is 0 Å². The highest BCUT2D eigenvalue weighted by molar-refractivity contribution is 6.06. The molecule has 0 aliphatic carbocycles. The Bertz CT molecular complexity index is 1170. The van der Waals surface area contributed by atoms with Crippen LogP contribution in [0, 0.1) is 0 Å². The summed E-state index contributed by atoms with van der Waals surface area (Å²) in [5, 5.41) is 3.76. The van der Waals surface area contributed by atoms with Gasteiger partial charge in [0.15, 0.2) is 11.4 Å². The first-order chi connectivity index (χ1) is 14.1. The number of aromatic nitrogens is 2. The van der Waals surface area contributed by atoms with Gasteiger partial charge in [0.05, 0.1) is 20.8 Å². The van der Waals surface area contributed by atoms with Crippen molar-refractivity contribution in [3.05, 3.63) is 48.8 Å². The summed E-state index contributed by atoms with van der Waals surface area (Å²) in [6, 6.07) is 12.8. The third kappa shape index (κ3) is 3.64. The molecule has 8 nitrogen and oxygen atoms in total. The molecule has 8 heteroatoms. The number of amides is 1. The number of rotatable bonds is 6. The zero-order valence-electron chi connectivity index (χ0n) is 16.3. The SMILES string of the molecule is COc1cc(NC(=O)CN(C)c2ncnc3c2oc2ccccc23)cc(OC)c1. The lowest BCUT2D eigenvalue weighted by molar-refractivity contribution is -0.114. The second-order valence-corrected chi connectivity index (χ2v) is 6.48. The van der Waals surface area contributed by atoms with Gasteiger partial charge in [-0.15, -0.1) is 0 Å². The lowest BCUT2D eigenvalue weighted by Crippen LogP contribution is -2.30. The van der Waals surface area contributed by atoms with Crippen LogP contribution in [0.5, 0.6) is 11.5 Å². The molecule has 4 aromatic rings. The molecule has 0 radical (unpaired) electrons. The van der Waals surface area contributed by atoms with Crippen LogP contribution in [0.25, 0.3) is 22.1 Å². The average molecular weight is 392 g/mol. The van der Waals surface area contributed by atoms with E-state index < -0.39 is 0 Å². The highest BCUT2D eigenvalue weighted by Crippen LogP contribution is 2.31. The molecule has 2 heterocycles. The number of carbonyl (C=O) groups excluding carboxylic acids is 1. The van der Waals surface area contributed by atoms with Crippen LogP contribution in [0.15, 0.2) is 53.2 Å². The fourth-order valence-electron chi connectivity index (χ4n) is 3.15. The summed E-state index contributed by atoms with van der Waals surface area (Å²) >= 11 is 0. The molecule has 1 amide bonds. The number of fused-ring (bicyclic) bond motifs is 3. The minimum absolute atomic E-state index is 0.0721. The van der Waals surface area contributed by atoms with E-state index in [9.17, 15) is 4.79 Å². The summed E-state index contributed by atoms with van der Waals surface area (Å²) in [7, 11) is 4.89. The van der Waals surface area contributed by atoms with Gasteiger partial charge in [0, 0.05) is 36.3 Å². The largest absolute Gasteiger partial charge is 0.497 e. The maximum atomic E-state index is 12.6. The minimum Gasteiger partial charge on any atom is -0.497 e. The van der Waals surface area contributed by atoms with E-state index in [1.807, 2.05) is 24.3 Å². The van der Waals surface area contributed by atoms with Crippen LogP contribution in [0.3, 0.4) is 0 Å². The highest BCUT2D eigenvalue weighted by Gasteiger charge is 2.18. The first-order valence-corrected chi connectivity index (χ1v) is 8.95. The fourth-order valence-corrected chi connectivity index (χ4v) is 3.15. The van der Waals surface area contributed by atoms with Gasteiger partial charge in [0.2, 0.25) is 5.91 Å². The predicted molar refractivity (Wildman–Crippen MR) is 111 cm³/mol. The Hall–Kier alpha value is -3.81. The number of furan rings is 1. The van der Waals surface area contributed by atoms with Gasteiger partial charge < -0.3 is 24.1 Å².